The van der Waals surface area contributed by atoms with Gasteiger partial charge in [0.15, 0.2) is 0 Å². The van der Waals surface area contributed by atoms with Crippen LogP contribution in [0.1, 0.15) is 34.8 Å². The number of nitriles is 1. The average molecular weight is 425 g/mol. The Balaban J connectivity index is 2.11. The van der Waals surface area contributed by atoms with Crippen molar-refractivity contribution >= 4 is 11.8 Å². The number of hydrogen-bond donors (Lipinski definition) is 3. The van der Waals surface area contributed by atoms with Gasteiger partial charge in [-0.25, -0.2) is 5.48 Å². The maximum absolute atomic E-state index is 12.7. The number of hydroxylamine groups is 1. The topological polar surface area (TPSA) is 121 Å². The van der Waals surface area contributed by atoms with E-state index in [0.29, 0.717) is 24.2 Å². The maximum atomic E-state index is 12.7. The van der Waals surface area contributed by atoms with Gasteiger partial charge in [0.05, 0.1) is 24.3 Å². The predicted octanol–water partition coefficient (Wildman–Crippen LogP) is 2.42. The van der Waals surface area contributed by atoms with Crippen molar-refractivity contribution in [2.45, 2.75) is 25.8 Å². The van der Waals surface area contributed by atoms with Crippen LogP contribution in [-0.4, -0.2) is 43.1 Å². The summed E-state index contributed by atoms with van der Waals surface area (Å²) in [5.74, 6) is -1.47. The molecule has 2 aromatic carbocycles. The van der Waals surface area contributed by atoms with Crippen molar-refractivity contribution < 1.29 is 24.3 Å². The van der Waals surface area contributed by atoms with Gasteiger partial charge in [0.25, 0.3) is 5.91 Å². The lowest BCUT2D eigenvalue weighted by atomic mass is 9.92. The molecule has 0 bridgehead atoms. The Morgan fingerprint density at radius 1 is 1.10 bits per heavy atom. The fourth-order valence-electron chi connectivity index (χ4n) is 3.08. The first kappa shape index (κ1) is 24.0. The third-order valence-electron chi connectivity index (χ3n) is 4.68. The van der Waals surface area contributed by atoms with E-state index in [1.165, 1.54) is 0 Å². The molecule has 164 valence electrons. The zero-order valence-electron chi connectivity index (χ0n) is 17.4. The Labute approximate surface area is 181 Å². The Kier molecular flexibility index (Phi) is 10.2. The molecule has 0 aliphatic rings. The first-order chi connectivity index (χ1) is 15.1. The van der Waals surface area contributed by atoms with Gasteiger partial charge < -0.3 is 14.8 Å². The second kappa shape index (κ2) is 13.1. The van der Waals surface area contributed by atoms with E-state index in [4.69, 9.17) is 14.7 Å². The van der Waals surface area contributed by atoms with Gasteiger partial charge in [-0.2, -0.15) is 5.26 Å². The maximum Gasteiger partial charge on any atom is 0.251 e. The quantitative estimate of drug-likeness (QED) is 0.208. The number of rotatable bonds is 12. The molecule has 8 nitrogen and oxygen atoms in total. The Morgan fingerprint density at radius 2 is 1.81 bits per heavy atom. The van der Waals surface area contributed by atoms with E-state index in [9.17, 15) is 14.8 Å². The van der Waals surface area contributed by atoms with Crippen molar-refractivity contribution in [1.82, 2.24) is 10.8 Å². The van der Waals surface area contributed by atoms with Gasteiger partial charge in [-0.05, 0) is 49.6 Å². The second-order valence-corrected chi connectivity index (χ2v) is 6.94. The monoisotopic (exact) mass is 425 g/mol. The number of nitrogens with zero attached hydrogens (tertiary/aromatic N) is 1. The second-order valence-electron chi connectivity index (χ2n) is 6.94. The number of benzene rings is 2. The molecule has 0 radical (unpaired) electrons. The van der Waals surface area contributed by atoms with Crippen molar-refractivity contribution in [1.29, 1.82) is 5.26 Å². The third-order valence-corrected chi connectivity index (χ3v) is 4.68. The molecule has 0 spiro atoms. The van der Waals surface area contributed by atoms with E-state index in [2.05, 4.69) is 5.32 Å². The molecule has 0 saturated heterocycles. The van der Waals surface area contributed by atoms with Gasteiger partial charge in [-0.1, -0.05) is 30.3 Å². The van der Waals surface area contributed by atoms with Crippen molar-refractivity contribution in [2.24, 2.45) is 5.92 Å². The lowest BCUT2D eigenvalue weighted by Gasteiger charge is -2.24. The van der Waals surface area contributed by atoms with Crippen LogP contribution >= 0.6 is 0 Å². The van der Waals surface area contributed by atoms with Crippen molar-refractivity contribution in [3.63, 3.8) is 0 Å². The molecule has 0 fully saturated rings. The highest BCUT2D eigenvalue weighted by molar-refractivity contribution is 5.94. The minimum absolute atomic E-state index is 0.0648. The van der Waals surface area contributed by atoms with Crippen LogP contribution in [0.5, 0.6) is 0 Å². The average Bonchev–Trinajstić information content (AvgIpc) is 2.81. The molecule has 31 heavy (non-hydrogen) atoms. The summed E-state index contributed by atoms with van der Waals surface area (Å²) in [6.07, 6.45) is 0.636. The summed E-state index contributed by atoms with van der Waals surface area (Å²) < 4.78 is 10.7. The Bertz CT molecular complexity index is 865. The van der Waals surface area contributed by atoms with Gasteiger partial charge in [-0.15, -0.1) is 0 Å². The zero-order valence-corrected chi connectivity index (χ0v) is 17.4. The van der Waals surface area contributed by atoms with Crippen LogP contribution in [0.25, 0.3) is 0 Å². The van der Waals surface area contributed by atoms with Gasteiger partial charge in [0, 0.05) is 18.1 Å². The lowest BCUT2D eigenvalue weighted by Crippen LogP contribution is -2.42. The largest absolute Gasteiger partial charge is 0.356 e. The van der Waals surface area contributed by atoms with Gasteiger partial charge in [0.1, 0.15) is 6.79 Å². The highest BCUT2D eigenvalue weighted by Gasteiger charge is 2.25. The summed E-state index contributed by atoms with van der Waals surface area (Å²) in [4.78, 5) is 25.0. The zero-order chi connectivity index (χ0) is 22.5. The third kappa shape index (κ3) is 8.18. The van der Waals surface area contributed by atoms with Crippen LogP contribution in [0.3, 0.4) is 0 Å². The molecule has 0 saturated carbocycles. The summed E-state index contributed by atoms with van der Waals surface area (Å²) in [5.41, 5.74) is 3.49. The molecule has 3 N–H and O–H groups in total. The predicted molar refractivity (Wildman–Crippen MR) is 113 cm³/mol. The minimum atomic E-state index is -0.589. The molecule has 0 unspecified atom stereocenters. The molecule has 0 heterocycles. The first-order valence-corrected chi connectivity index (χ1v) is 10.0. The Hall–Kier alpha value is -3.25. The molecular formula is C23H27N3O5. The summed E-state index contributed by atoms with van der Waals surface area (Å²) in [6.45, 7) is 2.53. The highest BCUT2D eigenvalue weighted by Crippen LogP contribution is 2.16. The summed E-state index contributed by atoms with van der Waals surface area (Å²) in [5, 5.41) is 21.0. The van der Waals surface area contributed by atoms with Crippen LogP contribution in [0.2, 0.25) is 0 Å². The number of carbonyl (C=O) groups is 2. The fraction of sp³-hybridized carbons (Fsp3) is 0.348. The van der Waals surface area contributed by atoms with E-state index in [-0.39, 0.29) is 25.7 Å². The highest BCUT2D eigenvalue weighted by atomic mass is 16.7. The van der Waals surface area contributed by atoms with Crippen LogP contribution in [0.15, 0.2) is 54.6 Å². The van der Waals surface area contributed by atoms with Crippen molar-refractivity contribution in [3.05, 3.63) is 71.3 Å². The Morgan fingerprint density at radius 3 is 2.42 bits per heavy atom. The van der Waals surface area contributed by atoms with Crippen LogP contribution < -0.4 is 10.8 Å². The van der Waals surface area contributed by atoms with E-state index < -0.39 is 17.9 Å². The van der Waals surface area contributed by atoms with Crippen LogP contribution in [0, 0.1) is 17.2 Å². The van der Waals surface area contributed by atoms with Crippen LogP contribution in [-0.2, 0) is 20.7 Å². The number of hydrogen-bond acceptors (Lipinski definition) is 6. The molecule has 2 rings (SSSR count). The summed E-state index contributed by atoms with van der Waals surface area (Å²) >= 11 is 0. The van der Waals surface area contributed by atoms with Gasteiger partial charge >= 0.3 is 0 Å². The SMILES string of the molecule is CCOCOC[C@H](C[C@H](Cc1ccccc1)C(=O)NO)NC(=O)c1ccc(C#N)cc1. The van der Waals surface area contributed by atoms with Crippen molar-refractivity contribution in [3.8, 4) is 6.07 Å². The molecular weight excluding hydrogens is 398 g/mol. The van der Waals surface area contributed by atoms with E-state index in [1.807, 2.05) is 43.3 Å². The minimum Gasteiger partial charge on any atom is -0.356 e. The molecule has 2 aromatic rings. The van der Waals surface area contributed by atoms with Crippen LogP contribution in [0.4, 0.5) is 0 Å². The molecule has 2 amide bonds. The number of amides is 2. The molecule has 8 heteroatoms. The first-order valence-electron chi connectivity index (χ1n) is 10.0. The molecule has 0 aliphatic carbocycles. The lowest BCUT2D eigenvalue weighted by molar-refractivity contribution is -0.134. The van der Waals surface area contributed by atoms with E-state index in [0.717, 1.165) is 5.56 Å². The number of carbonyl (C=O) groups excluding carboxylic acids is 2. The number of ether oxygens (including phenoxy) is 2. The van der Waals surface area contributed by atoms with E-state index in [1.54, 1.807) is 29.7 Å². The smallest absolute Gasteiger partial charge is 0.251 e. The molecule has 0 aromatic heterocycles. The number of nitrogens with one attached hydrogen (secondary N) is 2. The van der Waals surface area contributed by atoms with Crippen molar-refractivity contribution in [2.75, 3.05) is 20.0 Å². The van der Waals surface area contributed by atoms with E-state index >= 15 is 0 Å². The molecule has 0 aliphatic heterocycles. The fourth-order valence-corrected chi connectivity index (χ4v) is 3.08. The summed E-state index contributed by atoms with van der Waals surface area (Å²) in [6, 6.07) is 17.2. The molecule has 2 atom stereocenters. The van der Waals surface area contributed by atoms with Gasteiger partial charge in [-0.3, -0.25) is 14.8 Å². The van der Waals surface area contributed by atoms with Gasteiger partial charge in [0.2, 0.25) is 5.91 Å². The standard InChI is InChI=1S/C23H27N3O5/c1-2-30-16-31-15-21(25-22(27)19-10-8-18(14-24)9-11-19)13-20(23(28)26-29)12-17-6-4-3-5-7-17/h3-11,20-21,29H,2,12-13,15-16H2,1H3,(H,25,27)(H,26,28)/t20-,21-/m0/s1. The normalized spacial score (nSPS) is 12.4. The summed E-state index contributed by atoms with van der Waals surface area (Å²) in [7, 11) is 0.